The van der Waals surface area contributed by atoms with Crippen LogP contribution in [0.2, 0.25) is 5.02 Å². The molecular weight excluding hydrogens is 228 g/mol. The highest BCUT2D eigenvalue weighted by Crippen LogP contribution is 2.29. The van der Waals surface area contributed by atoms with Gasteiger partial charge in [0, 0.05) is 0 Å². The Bertz CT molecular complexity index is 388. The van der Waals surface area contributed by atoms with Crippen LogP contribution >= 0.6 is 11.6 Å². The Labute approximate surface area is 100.0 Å². The van der Waals surface area contributed by atoms with Crippen LogP contribution in [0.1, 0.15) is 32.3 Å². The fourth-order valence-corrected chi connectivity index (χ4v) is 1.45. The largest absolute Gasteiger partial charge is 0.479 e. The Morgan fingerprint density at radius 3 is 2.44 bits per heavy atom. The second-order valence-electron chi connectivity index (χ2n) is 3.94. The highest BCUT2D eigenvalue weighted by molar-refractivity contribution is 6.32. The van der Waals surface area contributed by atoms with Gasteiger partial charge in [-0.1, -0.05) is 31.5 Å². The SMILES string of the molecule is CC(Oc1ccc(C(C)C)cc1Cl)C(=O)O. The lowest BCUT2D eigenvalue weighted by Gasteiger charge is -2.13. The number of hydrogen-bond acceptors (Lipinski definition) is 2. The average molecular weight is 243 g/mol. The number of rotatable bonds is 4. The van der Waals surface area contributed by atoms with Gasteiger partial charge < -0.3 is 9.84 Å². The third-order valence-corrected chi connectivity index (χ3v) is 2.57. The molecule has 0 amide bonds. The Morgan fingerprint density at radius 2 is 2.00 bits per heavy atom. The third-order valence-electron chi connectivity index (χ3n) is 2.27. The van der Waals surface area contributed by atoms with Crippen LogP contribution in [0, 0.1) is 0 Å². The van der Waals surface area contributed by atoms with Crippen molar-refractivity contribution in [2.24, 2.45) is 0 Å². The number of aliphatic carboxylic acids is 1. The molecular formula is C12H15ClO3. The molecule has 4 heteroatoms. The summed E-state index contributed by atoms with van der Waals surface area (Å²) in [5, 5.41) is 9.15. The van der Waals surface area contributed by atoms with Gasteiger partial charge in [0.25, 0.3) is 0 Å². The molecule has 3 nitrogen and oxygen atoms in total. The first-order valence-electron chi connectivity index (χ1n) is 5.10. The molecule has 1 aromatic carbocycles. The summed E-state index contributed by atoms with van der Waals surface area (Å²) in [6, 6.07) is 5.40. The highest BCUT2D eigenvalue weighted by Gasteiger charge is 2.14. The third kappa shape index (κ3) is 3.14. The summed E-state index contributed by atoms with van der Waals surface area (Å²) in [6.07, 6.45) is -0.901. The average Bonchev–Trinajstić information content (AvgIpc) is 2.20. The Balaban J connectivity index is 2.87. The van der Waals surface area contributed by atoms with Crippen molar-refractivity contribution in [3.8, 4) is 5.75 Å². The van der Waals surface area contributed by atoms with Gasteiger partial charge in [-0.15, -0.1) is 0 Å². The quantitative estimate of drug-likeness (QED) is 0.881. The molecule has 0 aliphatic rings. The van der Waals surface area contributed by atoms with Crippen LogP contribution in [-0.4, -0.2) is 17.2 Å². The fourth-order valence-electron chi connectivity index (χ4n) is 1.21. The summed E-state index contributed by atoms with van der Waals surface area (Å²) in [5.74, 6) is -0.228. The van der Waals surface area contributed by atoms with E-state index < -0.39 is 12.1 Å². The van der Waals surface area contributed by atoms with Crippen LogP contribution in [0.25, 0.3) is 0 Å². The second-order valence-corrected chi connectivity index (χ2v) is 4.35. The lowest BCUT2D eigenvalue weighted by Crippen LogP contribution is -2.23. The van der Waals surface area contributed by atoms with Gasteiger partial charge in [-0.2, -0.15) is 0 Å². The van der Waals surface area contributed by atoms with Crippen LogP contribution in [0.3, 0.4) is 0 Å². The van der Waals surface area contributed by atoms with E-state index in [2.05, 4.69) is 13.8 Å². The zero-order valence-corrected chi connectivity index (χ0v) is 10.3. The maximum absolute atomic E-state index is 10.6. The molecule has 0 spiro atoms. The van der Waals surface area contributed by atoms with Crippen molar-refractivity contribution in [1.29, 1.82) is 0 Å². The van der Waals surface area contributed by atoms with Crippen LogP contribution in [0.15, 0.2) is 18.2 Å². The van der Waals surface area contributed by atoms with Crippen molar-refractivity contribution in [1.82, 2.24) is 0 Å². The summed E-state index contributed by atoms with van der Waals surface area (Å²) in [4.78, 5) is 10.6. The molecule has 0 saturated heterocycles. The van der Waals surface area contributed by atoms with Crippen LogP contribution in [0.4, 0.5) is 0 Å². The number of halogens is 1. The Kier molecular flexibility index (Phi) is 4.19. The number of carbonyl (C=O) groups is 1. The summed E-state index contributed by atoms with van der Waals surface area (Å²) >= 11 is 6.00. The minimum atomic E-state index is -1.01. The lowest BCUT2D eigenvalue weighted by molar-refractivity contribution is -0.144. The minimum Gasteiger partial charge on any atom is -0.479 e. The van der Waals surface area contributed by atoms with E-state index in [4.69, 9.17) is 21.4 Å². The monoisotopic (exact) mass is 242 g/mol. The fraction of sp³-hybridized carbons (Fsp3) is 0.417. The molecule has 0 heterocycles. The molecule has 0 aliphatic carbocycles. The molecule has 0 aromatic heterocycles. The predicted octanol–water partition coefficient (Wildman–Crippen LogP) is 3.32. The Hall–Kier alpha value is -1.22. The van der Waals surface area contributed by atoms with Crippen molar-refractivity contribution >= 4 is 17.6 Å². The molecule has 16 heavy (non-hydrogen) atoms. The van der Waals surface area contributed by atoms with Gasteiger partial charge in [-0.25, -0.2) is 4.79 Å². The van der Waals surface area contributed by atoms with E-state index in [1.165, 1.54) is 6.92 Å². The molecule has 1 rings (SSSR count). The maximum atomic E-state index is 10.6. The summed E-state index contributed by atoms with van der Waals surface area (Å²) in [7, 11) is 0. The molecule has 0 fully saturated rings. The van der Waals surface area contributed by atoms with Crippen molar-refractivity contribution in [3.05, 3.63) is 28.8 Å². The molecule has 1 N–H and O–H groups in total. The van der Waals surface area contributed by atoms with Crippen molar-refractivity contribution in [2.45, 2.75) is 32.8 Å². The molecule has 0 aliphatic heterocycles. The first-order valence-corrected chi connectivity index (χ1v) is 5.48. The van der Waals surface area contributed by atoms with Gasteiger partial charge in [0.05, 0.1) is 5.02 Å². The summed E-state index contributed by atoms with van der Waals surface area (Å²) in [5.41, 5.74) is 1.10. The van der Waals surface area contributed by atoms with Crippen LogP contribution < -0.4 is 4.74 Å². The van der Waals surface area contributed by atoms with E-state index in [-0.39, 0.29) is 0 Å². The van der Waals surface area contributed by atoms with E-state index in [0.717, 1.165) is 5.56 Å². The van der Waals surface area contributed by atoms with Gasteiger partial charge in [-0.05, 0) is 30.5 Å². The first kappa shape index (κ1) is 12.8. The van der Waals surface area contributed by atoms with Crippen LogP contribution in [0.5, 0.6) is 5.75 Å². The Morgan fingerprint density at radius 1 is 1.38 bits per heavy atom. The number of carboxylic acids is 1. The van der Waals surface area contributed by atoms with Gasteiger partial charge >= 0.3 is 5.97 Å². The predicted molar refractivity (Wildman–Crippen MR) is 63.3 cm³/mol. The molecule has 0 bridgehead atoms. The smallest absolute Gasteiger partial charge is 0.344 e. The standard InChI is InChI=1S/C12H15ClO3/c1-7(2)9-4-5-11(10(13)6-9)16-8(3)12(14)15/h4-8H,1-3H3,(H,14,15). The van der Waals surface area contributed by atoms with Gasteiger partial charge in [0.15, 0.2) is 6.10 Å². The molecule has 1 aromatic rings. The number of benzene rings is 1. The first-order chi connectivity index (χ1) is 7.41. The topological polar surface area (TPSA) is 46.5 Å². The lowest BCUT2D eigenvalue weighted by atomic mass is 10.0. The molecule has 0 saturated carbocycles. The number of ether oxygens (including phenoxy) is 1. The maximum Gasteiger partial charge on any atom is 0.344 e. The van der Waals surface area contributed by atoms with E-state index in [9.17, 15) is 4.79 Å². The summed E-state index contributed by atoms with van der Waals surface area (Å²) in [6.45, 7) is 5.59. The molecule has 0 radical (unpaired) electrons. The van der Waals surface area contributed by atoms with Crippen molar-refractivity contribution in [3.63, 3.8) is 0 Å². The van der Waals surface area contributed by atoms with E-state index in [0.29, 0.717) is 16.7 Å². The van der Waals surface area contributed by atoms with Crippen molar-refractivity contribution < 1.29 is 14.6 Å². The van der Waals surface area contributed by atoms with Gasteiger partial charge in [0.1, 0.15) is 5.75 Å². The molecule has 1 unspecified atom stereocenters. The molecule has 88 valence electrons. The second kappa shape index (κ2) is 5.21. The minimum absolute atomic E-state index is 0.378. The zero-order chi connectivity index (χ0) is 12.3. The van der Waals surface area contributed by atoms with E-state index in [1.54, 1.807) is 12.1 Å². The summed E-state index contributed by atoms with van der Waals surface area (Å²) < 4.78 is 5.21. The van der Waals surface area contributed by atoms with Gasteiger partial charge in [0.2, 0.25) is 0 Å². The van der Waals surface area contributed by atoms with E-state index >= 15 is 0 Å². The normalized spacial score (nSPS) is 12.6. The highest BCUT2D eigenvalue weighted by atomic mass is 35.5. The number of carboxylic acid groups (broad SMARTS) is 1. The van der Waals surface area contributed by atoms with E-state index in [1.807, 2.05) is 6.07 Å². The zero-order valence-electron chi connectivity index (χ0n) is 9.53. The van der Waals surface area contributed by atoms with Gasteiger partial charge in [-0.3, -0.25) is 0 Å². The molecule has 1 atom stereocenters. The van der Waals surface area contributed by atoms with Crippen molar-refractivity contribution in [2.75, 3.05) is 0 Å². The van der Waals surface area contributed by atoms with Crippen LogP contribution in [-0.2, 0) is 4.79 Å². The number of hydrogen-bond donors (Lipinski definition) is 1.